The minimum Gasteiger partial charge on any atom is -0.371 e. The van der Waals surface area contributed by atoms with E-state index < -0.39 is 0 Å². The summed E-state index contributed by atoms with van der Waals surface area (Å²) in [5.74, 6) is 0. The summed E-state index contributed by atoms with van der Waals surface area (Å²) in [6.07, 6.45) is 3.95. The number of likely N-dealkylation sites (tertiary alicyclic amines) is 1. The fourth-order valence-electron chi connectivity index (χ4n) is 3.42. The van der Waals surface area contributed by atoms with E-state index in [1.807, 2.05) is 37.3 Å². The van der Waals surface area contributed by atoms with Gasteiger partial charge in [-0.25, -0.2) is 0 Å². The Labute approximate surface area is 141 Å². The van der Waals surface area contributed by atoms with Gasteiger partial charge in [-0.2, -0.15) is 0 Å². The van der Waals surface area contributed by atoms with Crippen LogP contribution in [0.25, 0.3) is 16.7 Å². The zero-order chi connectivity index (χ0) is 16.5. The summed E-state index contributed by atoms with van der Waals surface area (Å²) < 4.78 is 7.11. The van der Waals surface area contributed by atoms with E-state index in [1.54, 1.807) is 0 Å². The molecule has 4 nitrogen and oxygen atoms in total. The molecule has 4 rings (SSSR count). The van der Waals surface area contributed by atoms with Crippen LogP contribution in [0.1, 0.15) is 30.4 Å². The number of hydrogen-bond donors (Lipinski definition) is 0. The van der Waals surface area contributed by atoms with Crippen LogP contribution in [-0.4, -0.2) is 22.7 Å². The van der Waals surface area contributed by atoms with E-state index in [0.29, 0.717) is 11.0 Å². The molecule has 1 aliphatic heterocycles. The number of piperidine rings is 1. The largest absolute Gasteiger partial charge is 0.371 e. The zero-order valence-electron chi connectivity index (χ0n) is 14.0. The standard InChI is InChI=1S/C20H22N2O2/c1-15-5-10-19-18(13-15)20(23)22(24-19)17-8-6-16(7-9-17)14-21-11-3-2-4-12-21/h5-10,13H,2-4,11-12,14H2,1H3. The smallest absolute Gasteiger partial charge is 0.295 e. The highest BCUT2D eigenvalue weighted by Gasteiger charge is 2.13. The molecule has 0 aliphatic carbocycles. The van der Waals surface area contributed by atoms with Gasteiger partial charge in [0.1, 0.15) is 0 Å². The SMILES string of the molecule is Cc1ccc2on(-c3ccc(CN4CCCCC4)cc3)c(=O)c2c1. The van der Waals surface area contributed by atoms with Crippen molar-refractivity contribution in [3.63, 3.8) is 0 Å². The predicted octanol–water partition coefficient (Wildman–Crippen LogP) is 3.88. The van der Waals surface area contributed by atoms with Gasteiger partial charge >= 0.3 is 0 Å². The van der Waals surface area contributed by atoms with Crippen LogP contribution < -0.4 is 5.56 Å². The number of benzene rings is 2. The molecular weight excluding hydrogens is 300 g/mol. The molecule has 1 aromatic heterocycles. The summed E-state index contributed by atoms with van der Waals surface area (Å²) in [7, 11) is 0. The van der Waals surface area contributed by atoms with Gasteiger partial charge in [0.05, 0.1) is 11.1 Å². The molecule has 24 heavy (non-hydrogen) atoms. The van der Waals surface area contributed by atoms with Gasteiger partial charge in [0, 0.05) is 6.54 Å². The van der Waals surface area contributed by atoms with Gasteiger partial charge in [-0.3, -0.25) is 9.69 Å². The Balaban J connectivity index is 1.60. The lowest BCUT2D eigenvalue weighted by Gasteiger charge is -2.26. The predicted molar refractivity (Wildman–Crippen MR) is 95.7 cm³/mol. The van der Waals surface area contributed by atoms with Crippen LogP contribution in [-0.2, 0) is 6.54 Å². The van der Waals surface area contributed by atoms with Crippen LogP contribution in [0.2, 0.25) is 0 Å². The summed E-state index contributed by atoms with van der Waals surface area (Å²) in [6, 6.07) is 13.8. The molecule has 0 saturated carbocycles. The third-order valence-electron chi connectivity index (χ3n) is 4.77. The Hall–Kier alpha value is -2.33. The van der Waals surface area contributed by atoms with Crippen LogP contribution in [0.3, 0.4) is 0 Å². The number of aryl methyl sites for hydroxylation is 1. The molecule has 3 aromatic rings. The lowest BCUT2D eigenvalue weighted by atomic mass is 10.1. The molecule has 1 saturated heterocycles. The Kier molecular flexibility index (Phi) is 3.98. The van der Waals surface area contributed by atoms with Crippen LogP contribution in [0, 0.1) is 6.92 Å². The average Bonchev–Trinajstić information content (AvgIpc) is 2.93. The third kappa shape index (κ3) is 2.89. The summed E-state index contributed by atoms with van der Waals surface area (Å²) in [6.45, 7) is 5.33. The molecule has 0 bridgehead atoms. The summed E-state index contributed by atoms with van der Waals surface area (Å²) in [4.78, 5) is 15.0. The fourth-order valence-corrected chi connectivity index (χ4v) is 3.42. The number of fused-ring (bicyclic) bond motifs is 1. The van der Waals surface area contributed by atoms with Gasteiger partial charge in [0.25, 0.3) is 5.56 Å². The normalized spacial score (nSPS) is 15.9. The Morgan fingerprint density at radius 3 is 2.50 bits per heavy atom. The Morgan fingerprint density at radius 2 is 1.75 bits per heavy atom. The molecule has 0 atom stereocenters. The maximum atomic E-state index is 12.5. The van der Waals surface area contributed by atoms with Gasteiger partial charge in [-0.05, 0) is 62.7 Å². The van der Waals surface area contributed by atoms with Crippen molar-refractivity contribution in [2.24, 2.45) is 0 Å². The van der Waals surface area contributed by atoms with Crippen molar-refractivity contribution in [1.29, 1.82) is 0 Å². The molecule has 0 spiro atoms. The summed E-state index contributed by atoms with van der Waals surface area (Å²) in [5.41, 5.74) is 3.64. The fraction of sp³-hybridized carbons (Fsp3) is 0.350. The van der Waals surface area contributed by atoms with E-state index in [0.717, 1.165) is 17.8 Å². The second kappa shape index (κ2) is 6.29. The van der Waals surface area contributed by atoms with Gasteiger partial charge < -0.3 is 4.52 Å². The molecule has 0 radical (unpaired) electrons. The maximum Gasteiger partial charge on any atom is 0.295 e. The first-order valence-electron chi connectivity index (χ1n) is 8.65. The van der Waals surface area contributed by atoms with E-state index >= 15 is 0 Å². The highest BCUT2D eigenvalue weighted by atomic mass is 16.5. The van der Waals surface area contributed by atoms with Crippen LogP contribution >= 0.6 is 0 Å². The highest BCUT2D eigenvalue weighted by Crippen LogP contribution is 2.18. The minimum absolute atomic E-state index is 0.0996. The molecule has 1 fully saturated rings. The van der Waals surface area contributed by atoms with Crippen molar-refractivity contribution < 1.29 is 4.52 Å². The van der Waals surface area contributed by atoms with Gasteiger partial charge in [0.15, 0.2) is 5.58 Å². The number of hydrogen-bond acceptors (Lipinski definition) is 3. The average molecular weight is 322 g/mol. The van der Waals surface area contributed by atoms with Crippen molar-refractivity contribution in [2.45, 2.75) is 32.7 Å². The second-order valence-electron chi connectivity index (χ2n) is 6.69. The van der Waals surface area contributed by atoms with E-state index in [2.05, 4.69) is 17.0 Å². The molecular formula is C20H22N2O2. The molecule has 124 valence electrons. The van der Waals surface area contributed by atoms with Crippen LogP contribution in [0.15, 0.2) is 51.8 Å². The topological polar surface area (TPSA) is 38.4 Å². The number of aromatic nitrogens is 1. The zero-order valence-corrected chi connectivity index (χ0v) is 14.0. The first kappa shape index (κ1) is 15.2. The third-order valence-corrected chi connectivity index (χ3v) is 4.77. The quantitative estimate of drug-likeness (QED) is 0.734. The van der Waals surface area contributed by atoms with Crippen LogP contribution in [0.4, 0.5) is 0 Å². The van der Waals surface area contributed by atoms with E-state index in [1.165, 1.54) is 42.7 Å². The molecule has 0 unspecified atom stereocenters. The van der Waals surface area contributed by atoms with Crippen molar-refractivity contribution in [3.05, 3.63) is 63.9 Å². The summed E-state index contributed by atoms with van der Waals surface area (Å²) in [5, 5.41) is 0.632. The van der Waals surface area contributed by atoms with E-state index in [-0.39, 0.29) is 5.56 Å². The Morgan fingerprint density at radius 1 is 1.00 bits per heavy atom. The summed E-state index contributed by atoms with van der Waals surface area (Å²) >= 11 is 0. The monoisotopic (exact) mass is 322 g/mol. The molecule has 0 amide bonds. The molecule has 0 N–H and O–H groups in total. The maximum absolute atomic E-state index is 12.5. The van der Waals surface area contributed by atoms with Crippen molar-refractivity contribution >= 4 is 11.0 Å². The first-order chi connectivity index (χ1) is 11.7. The molecule has 2 aromatic carbocycles. The highest BCUT2D eigenvalue weighted by molar-refractivity contribution is 5.77. The van der Waals surface area contributed by atoms with E-state index in [4.69, 9.17) is 4.52 Å². The lowest BCUT2D eigenvalue weighted by molar-refractivity contribution is 0.221. The number of nitrogens with zero attached hydrogens (tertiary/aromatic N) is 2. The van der Waals surface area contributed by atoms with Crippen LogP contribution in [0.5, 0.6) is 0 Å². The molecule has 4 heteroatoms. The van der Waals surface area contributed by atoms with Crippen molar-refractivity contribution in [1.82, 2.24) is 9.64 Å². The molecule has 1 aliphatic rings. The Bertz CT molecular complexity index is 900. The van der Waals surface area contributed by atoms with Crippen molar-refractivity contribution in [2.75, 3.05) is 13.1 Å². The second-order valence-corrected chi connectivity index (χ2v) is 6.69. The van der Waals surface area contributed by atoms with Gasteiger partial charge in [-0.1, -0.05) is 30.2 Å². The first-order valence-corrected chi connectivity index (χ1v) is 8.65. The lowest BCUT2D eigenvalue weighted by Crippen LogP contribution is -2.29. The number of rotatable bonds is 3. The van der Waals surface area contributed by atoms with Crippen molar-refractivity contribution in [3.8, 4) is 5.69 Å². The molecule has 2 heterocycles. The minimum atomic E-state index is -0.0996. The van der Waals surface area contributed by atoms with Gasteiger partial charge in [0.2, 0.25) is 0 Å². The van der Waals surface area contributed by atoms with E-state index in [9.17, 15) is 4.79 Å². The van der Waals surface area contributed by atoms with Gasteiger partial charge in [-0.15, -0.1) is 4.74 Å².